The van der Waals surface area contributed by atoms with E-state index in [9.17, 15) is 48.0 Å². The average molecular weight is 462 g/mol. The Balaban J connectivity index is 3.43. The van der Waals surface area contributed by atoms with E-state index in [4.69, 9.17) is 4.74 Å². The van der Waals surface area contributed by atoms with Crippen molar-refractivity contribution in [3.8, 4) is 0 Å². The molecule has 0 saturated heterocycles. The number of hydrogen-bond donors (Lipinski definition) is 0. The minimum atomic E-state index is -6.75. The second-order valence-corrected chi connectivity index (χ2v) is 11.0. The molecule has 0 heterocycles. The Labute approximate surface area is 158 Å². The summed E-state index contributed by atoms with van der Waals surface area (Å²) in [5.41, 5.74) is -12.5. The lowest BCUT2D eigenvalue weighted by Gasteiger charge is -2.32. The van der Waals surface area contributed by atoms with Crippen molar-refractivity contribution in [3.63, 3.8) is 0 Å². The van der Waals surface area contributed by atoms with E-state index in [1.54, 1.807) is 0 Å². The van der Waals surface area contributed by atoms with Gasteiger partial charge in [-0.15, -0.1) is 0 Å². The molecular formula is C14H20F6O6S2. The lowest BCUT2D eigenvalue weighted by atomic mass is 9.84. The number of esters is 1. The van der Waals surface area contributed by atoms with Crippen LogP contribution >= 0.6 is 0 Å². The number of sulfone groups is 2. The van der Waals surface area contributed by atoms with Gasteiger partial charge >= 0.3 is 17.0 Å². The van der Waals surface area contributed by atoms with E-state index in [1.807, 2.05) is 0 Å². The van der Waals surface area contributed by atoms with Crippen LogP contribution < -0.4 is 0 Å². The molecule has 1 rings (SSSR count). The quantitative estimate of drug-likeness (QED) is 0.425. The SMILES string of the molecule is CCC(=O)OC(CC(S(=O)(=O)C(F)(F)F)S(=O)(=O)C(F)(F)F)C1CCCCC1. The van der Waals surface area contributed by atoms with E-state index < -0.39 is 59.7 Å². The molecule has 166 valence electrons. The molecule has 1 aliphatic carbocycles. The van der Waals surface area contributed by atoms with Gasteiger partial charge in [0.2, 0.25) is 0 Å². The van der Waals surface area contributed by atoms with Crippen molar-refractivity contribution in [1.29, 1.82) is 0 Å². The first-order valence-electron chi connectivity index (χ1n) is 8.35. The van der Waals surface area contributed by atoms with Gasteiger partial charge in [0, 0.05) is 12.8 Å². The summed E-state index contributed by atoms with van der Waals surface area (Å²) in [6.45, 7) is 1.32. The van der Waals surface area contributed by atoms with Crippen molar-refractivity contribution in [1.82, 2.24) is 0 Å². The number of alkyl halides is 6. The average Bonchev–Trinajstić information content (AvgIpc) is 2.56. The molecule has 0 radical (unpaired) electrons. The van der Waals surface area contributed by atoms with Crippen LogP contribution in [0.15, 0.2) is 0 Å². The van der Waals surface area contributed by atoms with Crippen LogP contribution in [-0.4, -0.2) is 44.5 Å². The highest BCUT2D eigenvalue weighted by molar-refractivity contribution is 8.09. The van der Waals surface area contributed by atoms with Gasteiger partial charge in [-0.3, -0.25) is 4.79 Å². The Morgan fingerprint density at radius 2 is 1.36 bits per heavy atom. The molecule has 0 bridgehead atoms. The van der Waals surface area contributed by atoms with Gasteiger partial charge < -0.3 is 4.74 Å². The minimum Gasteiger partial charge on any atom is -0.462 e. The predicted octanol–water partition coefficient (Wildman–Crippen LogP) is 3.47. The Morgan fingerprint density at radius 3 is 1.71 bits per heavy atom. The van der Waals surface area contributed by atoms with Gasteiger partial charge in [-0.2, -0.15) is 26.3 Å². The minimum absolute atomic E-state index is 0.256. The molecule has 28 heavy (non-hydrogen) atoms. The Morgan fingerprint density at radius 1 is 0.929 bits per heavy atom. The third kappa shape index (κ3) is 5.51. The monoisotopic (exact) mass is 462 g/mol. The molecule has 0 N–H and O–H groups in total. The summed E-state index contributed by atoms with van der Waals surface area (Å²) in [7, 11) is -13.5. The fourth-order valence-electron chi connectivity index (χ4n) is 3.00. The summed E-state index contributed by atoms with van der Waals surface area (Å²) in [6, 6.07) is 0. The molecule has 1 unspecified atom stereocenters. The first-order chi connectivity index (χ1) is 12.6. The molecule has 1 atom stereocenters. The van der Waals surface area contributed by atoms with Crippen LogP contribution in [0.1, 0.15) is 51.9 Å². The molecule has 0 aromatic carbocycles. The zero-order valence-electron chi connectivity index (χ0n) is 14.7. The van der Waals surface area contributed by atoms with Crippen molar-refractivity contribution in [3.05, 3.63) is 0 Å². The van der Waals surface area contributed by atoms with Gasteiger partial charge in [-0.05, 0) is 18.8 Å². The number of carbonyl (C=O) groups is 1. The van der Waals surface area contributed by atoms with Crippen LogP contribution in [0, 0.1) is 5.92 Å². The lowest BCUT2D eigenvalue weighted by molar-refractivity contribution is -0.152. The van der Waals surface area contributed by atoms with Gasteiger partial charge in [0.05, 0.1) is 0 Å². The molecule has 1 aliphatic rings. The van der Waals surface area contributed by atoms with Crippen LogP contribution in [-0.2, 0) is 29.2 Å². The largest absolute Gasteiger partial charge is 0.498 e. The molecule has 0 spiro atoms. The second-order valence-electron chi connectivity index (χ2n) is 6.43. The van der Waals surface area contributed by atoms with E-state index in [1.165, 1.54) is 6.92 Å². The maximum absolute atomic E-state index is 12.9. The summed E-state index contributed by atoms with van der Waals surface area (Å²) >= 11 is 0. The van der Waals surface area contributed by atoms with Gasteiger partial charge in [0.1, 0.15) is 6.10 Å². The molecule has 1 fully saturated rings. The third-order valence-electron chi connectivity index (χ3n) is 4.51. The Bertz CT molecular complexity index is 706. The standard InChI is InChI=1S/C14H20F6O6S2/c1-2-11(21)26-10(9-6-4-3-5-7-9)8-12(27(22,23)13(15,16)17)28(24,25)14(18,19)20/h9-10,12H,2-8H2,1H3. The van der Waals surface area contributed by atoms with Crippen molar-refractivity contribution in [2.45, 2.75) is 73.6 Å². The highest BCUT2D eigenvalue weighted by atomic mass is 32.3. The Kier molecular flexibility index (Phi) is 7.81. The normalized spacial score (nSPS) is 18.9. The highest BCUT2D eigenvalue weighted by Crippen LogP contribution is 2.40. The first-order valence-corrected chi connectivity index (χ1v) is 11.4. The zero-order chi connectivity index (χ0) is 22.0. The molecule has 0 aromatic rings. The van der Waals surface area contributed by atoms with Gasteiger partial charge in [0.15, 0.2) is 4.58 Å². The Hall–Kier alpha value is -1.05. The van der Waals surface area contributed by atoms with Crippen LogP contribution in [0.4, 0.5) is 26.3 Å². The molecule has 14 heteroatoms. The smallest absolute Gasteiger partial charge is 0.462 e. The summed E-state index contributed by atoms with van der Waals surface area (Å²) in [4.78, 5) is 11.6. The van der Waals surface area contributed by atoms with Crippen LogP contribution in [0.3, 0.4) is 0 Å². The van der Waals surface area contributed by atoms with Gasteiger partial charge in [-0.25, -0.2) is 16.8 Å². The lowest BCUT2D eigenvalue weighted by Crippen LogP contribution is -2.47. The molecule has 0 aliphatic heterocycles. The van der Waals surface area contributed by atoms with Crippen molar-refractivity contribution < 1.29 is 52.7 Å². The summed E-state index contributed by atoms with van der Waals surface area (Å²) in [6.07, 6.45) is -1.30. The van der Waals surface area contributed by atoms with Crippen LogP contribution in [0.25, 0.3) is 0 Å². The van der Waals surface area contributed by atoms with Gasteiger partial charge in [0.25, 0.3) is 19.7 Å². The predicted molar refractivity (Wildman–Crippen MR) is 85.1 cm³/mol. The number of carbonyl (C=O) groups excluding carboxylic acids is 1. The third-order valence-corrected chi connectivity index (χ3v) is 9.09. The van der Waals surface area contributed by atoms with Crippen molar-refractivity contribution in [2.24, 2.45) is 5.92 Å². The fourth-order valence-corrected chi connectivity index (χ4v) is 6.47. The first kappa shape index (κ1) is 25.0. The summed E-state index contributed by atoms with van der Waals surface area (Å²) in [5.74, 6) is -1.72. The second kappa shape index (κ2) is 8.76. The van der Waals surface area contributed by atoms with Gasteiger partial charge in [-0.1, -0.05) is 26.2 Å². The number of hydrogen-bond acceptors (Lipinski definition) is 6. The van der Waals surface area contributed by atoms with E-state index in [2.05, 4.69) is 0 Å². The number of rotatable bonds is 7. The van der Waals surface area contributed by atoms with E-state index in [0.29, 0.717) is 12.8 Å². The molecular weight excluding hydrogens is 442 g/mol. The summed E-state index contributed by atoms with van der Waals surface area (Å²) < 4.78 is 125. The maximum Gasteiger partial charge on any atom is 0.498 e. The molecule has 0 amide bonds. The van der Waals surface area contributed by atoms with Crippen molar-refractivity contribution in [2.75, 3.05) is 0 Å². The van der Waals surface area contributed by atoms with E-state index >= 15 is 0 Å². The molecule has 1 saturated carbocycles. The van der Waals surface area contributed by atoms with Crippen LogP contribution in [0.5, 0.6) is 0 Å². The van der Waals surface area contributed by atoms with Crippen LogP contribution in [0.2, 0.25) is 0 Å². The summed E-state index contributed by atoms with van der Waals surface area (Å²) in [5, 5.41) is 0. The topological polar surface area (TPSA) is 94.6 Å². The van der Waals surface area contributed by atoms with E-state index in [-0.39, 0.29) is 19.3 Å². The zero-order valence-corrected chi connectivity index (χ0v) is 16.3. The maximum atomic E-state index is 12.9. The number of ether oxygens (including phenoxy) is 1. The highest BCUT2D eigenvalue weighted by Gasteiger charge is 2.63. The number of halogens is 6. The molecule has 6 nitrogen and oxygen atoms in total. The van der Waals surface area contributed by atoms with E-state index in [0.717, 1.165) is 6.42 Å². The van der Waals surface area contributed by atoms with Crippen molar-refractivity contribution >= 4 is 25.6 Å². The molecule has 0 aromatic heterocycles. The fraction of sp³-hybridized carbons (Fsp3) is 0.929.